The first-order valence-corrected chi connectivity index (χ1v) is 9.48. The minimum atomic E-state index is -0.104. The van der Waals surface area contributed by atoms with Gasteiger partial charge in [0, 0.05) is 19.2 Å². The maximum Gasteiger partial charge on any atom is 0.271 e. The molecule has 0 aliphatic carbocycles. The van der Waals surface area contributed by atoms with E-state index in [4.69, 9.17) is 4.74 Å². The quantitative estimate of drug-likeness (QED) is 0.902. The van der Waals surface area contributed by atoms with Crippen LogP contribution in [0.4, 0.5) is 0 Å². The van der Waals surface area contributed by atoms with Gasteiger partial charge in [0.15, 0.2) is 0 Å². The highest BCUT2D eigenvalue weighted by molar-refractivity contribution is 5.92. The van der Waals surface area contributed by atoms with Crippen LogP contribution in [0, 0.1) is 11.3 Å². The fraction of sp³-hybridized carbons (Fsp3) is 0.524. The van der Waals surface area contributed by atoms with Gasteiger partial charge in [0.1, 0.15) is 23.9 Å². The maximum atomic E-state index is 12.7. The smallest absolute Gasteiger partial charge is 0.271 e. The molecule has 0 bridgehead atoms. The first kappa shape index (κ1) is 17.1. The number of fused-ring (bicyclic) bond motifs is 2. The molecule has 2 aliphatic rings. The Morgan fingerprint density at radius 2 is 2.12 bits per heavy atom. The zero-order valence-corrected chi connectivity index (χ0v) is 15.8. The molecule has 1 aromatic carbocycles. The van der Waals surface area contributed by atoms with E-state index in [0.717, 1.165) is 42.9 Å². The third-order valence-electron chi connectivity index (χ3n) is 5.66. The number of nitrogens with one attached hydrogen (secondary N) is 1. The molecule has 0 saturated carbocycles. The van der Waals surface area contributed by atoms with Crippen LogP contribution in [0.3, 0.4) is 0 Å². The predicted molar refractivity (Wildman–Crippen MR) is 100 cm³/mol. The van der Waals surface area contributed by atoms with Crippen molar-refractivity contribution in [2.75, 3.05) is 6.61 Å². The molecule has 138 valence electrons. The number of carbonyl (C=O) groups is 1. The number of para-hydroxylation sites is 1. The summed E-state index contributed by atoms with van der Waals surface area (Å²) in [4.78, 5) is 17.3. The SMILES string of the molecule is CC(C)(C)C1CCc2nc(C(=O)NC3COc4ccccc4C3)cn2C1. The largest absolute Gasteiger partial charge is 0.491 e. The Balaban J connectivity index is 1.43. The van der Waals surface area contributed by atoms with Gasteiger partial charge in [-0.2, -0.15) is 0 Å². The number of aromatic nitrogens is 2. The summed E-state index contributed by atoms with van der Waals surface area (Å²) >= 11 is 0. The number of nitrogens with zero attached hydrogens (tertiary/aromatic N) is 2. The van der Waals surface area contributed by atoms with Crippen LogP contribution >= 0.6 is 0 Å². The van der Waals surface area contributed by atoms with Crippen molar-refractivity contribution in [2.45, 2.75) is 52.6 Å². The maximum absolute atomic E-state index is 12.7. The average molecular weight is 353 g/mol. The molecule has 5 heteroatoms. The Kier molecular flexibility index (Phi) is 4.25. The molecule has 2 unspecified atom stereocenters. The number of rotatable bonds is 2. The lowest BCUT2D eigenvalue weighted by molar-refractivity contribution is 0.0910. The Bertz CT molecular complexity index is 819. The van der Waals surface area contributed by atoms with E-state index in [1.165, 1.54) is 0 Å². The van der Waals surface area contributed by atoms with E-state index >= 15 is 0 Å². The molecule has 1 N–H and O–H groups in total. The van der Waals surface area contributed by atoms with E-state index in [0.29, 0.717) is 18.2 Å². The molecule has 3 heterocycles. The second-order valence-corrected chi connectivity index (χ2v) is 8.59. The molecule has 0 radical (unpaired) electrons. The summed E-state index contributed by atoms with van der Waals surface area (Å²) in [5.74, 6) is 2.46. The Hall–Kier alpha value is -2.30. The van der Waals surface area contributed by atoms with Crippen molar-refractivity contribution in [3.05, 3.63) is 47.5 Å². The standard InChI is InChI=1S/C21H27N3O2/c1-21(2,3)15-8-9-19-23-17(12-24(19)11-15)20(25)22-16-10-14-6-4-5-7-18(14)26-13-16/h4-7,12,15-16H,8-11,13H2,1-3H3,(H,22,25). The van der Waals surface area contributed by atoms with Crippen LogP contribution in [0.5, 0.6) is 5.75 Å². The summed E-state index contributed by atoms with van der Waals surface area (Å²) in [6, 6.07) is 7.98. The molecule has 2 atom stereocenters. The third-order valence-corrected chi connectivity index (χ3v) is 5.66. The molecule has 1 aromatic heterocycles. The summed E-state index contributed by atoms with van der Waals surface area (Å²) in [6.07, 6.45) is 4.78. The highest BCUT2D eigenvalue weighted by Gasteiger charge is 2.30. The molecule has 2 aromatic rings. The lowest BCUT2D eigenvalue weighted by atomic mass is 9.77. The summed E-state index contributed by atoms with van der Waals surface area (Å²) < 4.78 is 7.93. The van der Waals surface area contributed by atoms with Crippen LogP contribution in [0.1, 0.15) is 49.1 Å². The van der Waals surface area contributed by atoms with Crippen LogP contribution in [0.25, 0.3) is 0 Å². The molecule has 4 rings (SSSR count). The minimum Gasteiger partial charge on any atom is -0.491 e. The van der Waals surface area contributed by atoms with E-state index < -0.39 is 0 Å². The molecule has 5 nitrogen and oxygen atoms in total. The summed E-state index contributed by atoms with van der Waals surface area (Å²) in [5.41, 5.74) is 1.94. The van der Waals surface area contributed by atoms with Crippen molar-refractivity contribution in [1.82, 2.24) is 14.9 Å². The minimum absolute atomic E-state index is 0.0153. The number of benzene rings is 1. The highest BCUT2D eigenvalue weighted by Crippen LogP contribution is 2.34. The number of hydrogen-bond donors (Lipinski definition) is 1. The van der Waals surface area contributed by atoms with Crippen molar-refractivity contribution in [1.29, 1.82) is 0 Å². The van der Waals surface area contributed by atoms with Crippen LogP contribution in [-0.4, -0.2) is 28.1 Å². The van der Waals surface area contributed by atoms with Crippen LogP contribution in [0.2, 0.25) is 0 Å². The Morgan fingerprint density at radius 3 is 2.92 bits per heavy atom. The summed E-state index contributed by atoms with van der Waals surface area (Å²) in [6.45, 7) is 8.30. The van der Waals surface area contributed by atoms with E-state index in [2.05, 4.69) is 41.7 Å². The van der Waals surface area contributed by atoms with E-state index in [1.807, 2.05) is 24.4 Å². The van der Waals surface area contributed by atoms with Gasteiger partial charge in [0.25, 0.3) is 5.91 Å². The molecule has 26 heavy (non-hydrogen) atoms. The van der Waals surface area contributed by atoms with Crippen molar-refractivity contribution >= 4 is 5.91 Å². The zero-order valence-electron chi connectivity index (χ0n) is 15.8. The third kappa shape index (κ3) is 3.35. The van der Waals surface area contributed by atoms with Gasteiger partial charge in [-0.1, -0.05) is 39.0 Å². The first-order valence-electron chi connectivity index (χ1n) is 9.48. The van der Waals surface area contributed by atoms with Gasteiger partial charge in [0.05, 0.1) is 6.04 Å². The van der Waals surface area contributed by atoms with Gasteiger partial charge < -0.3 is 14.6 Å². The van der Waals surface area contributed by atoms with Crippen LogP contribution in [0.15, 0.2) is 30.5 Å². The lowest BCUT2D eigenvalue weighted by Crippen LogP contribution is -2.42. The number of hydrogen-bond acceptors (Lipinski definition) is 3. The summed E-state index contributed by atoms with van der Waals surface area (Å²) in [7, 11) is 0. The van der Waals surface area contributed by atoms with Gasteiger partial charge in [-0.25, -0.2) is 4.98 Å². The predicted octanol–water partition coefficient (Wildman–Crippen LogP) is 3.23. The number of ether oxygens (including phenoxy) is 1. The monoisotopic (exact) mass is 353 g/mol. The van der Waals surface area contributed by atoms with Crippen molar-refractivity contribution in [3.8, 4) is 5.75 Å². The van der Waals surface area contributed by atoms with Crippen molar-refractivity contribution in [3.63, 3.8) is 0 Å². The number of aryl methyl sites for hydroxylation is 1. The number of imidazole rings is 1. The fourth-order valence-corrected chi connectivity index (χ4v) is 3.94. The molecule has 2 aliphatic heterocycles. The molecule has 0 saturated heterocycles. The van der Waals surface area contributed by atoms with E-state index in [-0.39, 0.29) is 17.4 Å². The van der Waals surface area contributed by atoms with Gasteiger partial charge >= 0.3 is 0 Å². The molecular weight excluding hydrogens is 326 g/mol. The second-order valence-electron chi connectivity index (χ2n) is 8.59. The molecule has 0 fully saturated rings. The second kappa shape index (κ2) is 6.45. The first-order chi connectivity index (χ1) is 12.4. The molecular formula is C21H27N3O2. The van der Waals surface area contributed by atoms with Crippen LogP contribution < -0.4 is 10.1 Å². The van der Waals surface area contributed by atoms with Gasteiger partial charge in [0.2, 0.25) is 0 Å². The van der Waals surface area contributed by atoms with Gasteiger partial charge in [-0.15, -0.1) is 0 Å². The van der Waals surface area contributed by atoms with Crippen molar-refractivity contribution in [2.24, 2.45) is 11.3 Å². The highest BCUT2D eigenvalue weighted by atomic mass is 16.5. The number of amides is 1. The van der Waals surface area contributed by atoms with Crippen LogP contribution in [-0.2, 0) is 19.4 Å². The topological polar surface area (TPSA) is 56.1 Å². The van der Waals surface area contributed by atoms with Gasteiger partial charge in [-0.05, 0) is 35.8 Å². The number of carbonyl (C=O) groups excluding carboxylic acids is 1. The van der Waals surface area contributed by atoms with E-state index in [1.54, 1.807) is 0 Å². The lowest BCUT2D eigenvalue weighted by Gasteiger charge is -2.34. The van der Waals surface area contributed by atoms with Crippen molar-refractivity contribution < 1.29 is 9.53 Å². The summed E-state index contributed by atoms with van der Waals surface area (Å²) in [5, 5.41) is 3.09. The fourth-order valence-electron chi connectivity index (χ4n) is 3.94. The van der Waals surface area contributed by atoms with E-state index in [9.17, 15) is 4.79 Å². The molecule has 0 spiro atoms. The Morgan fingerprint density at radius 1 is 1.31 bits per heavy atom. The normalized spacial score (nSPS) is 22.1. The van der Waals surface area contributed by atoms with Gasteiger partial charge in [-0.3, -0.25) is 4.79 Å². The zero-order chi connectivity index (χ0) is 18.3. The Labute approximate surface area is 154 Å². The molecule has 1 amide bonds. The average Bonchev–Trinajstić information content (AvgIpc) is 3.04.